The van der Waals surface area contributed by atoms with E-state index in [4.69, 9.17) is 0 Å². The van der Waals surface area contributed by atoms with Crippen molar-refractivity contribution >= 4 is 5.57 Å². The van der Waals surface area contributed by atoms with Crippen LogP contribution in [0.1, 0.15) is 25.0 Å². The Hall–Kier alpha value is -2.08. The summed E-state index contributed by atoms with van der Waals surface area (Å²) in [5, 5.41) is 0. The van der Waals surface area contributed by atoms with Crippen molar-refractivity contribution in [1.82, 2.24) is 0 Å². The van der Waals surface area contributed by atoms with Crippen molar-refractivity contribution in [3.05, 3.63) is 77.9 Å². The van der Waals surface area contributed by atoms with Crippen LogP contribution < -0.4 is 0 Å². The highest BCUT2D eigenvalue weighted by molar-refractivity contribution is 5.70. The Balaban J connectivity index is 2.25. The summed E-state index contributed by atoms with van der Waals surface area (Å²) in [6, 6.07) is 17.4. The van der Waals surface area contributed by atoms with E-state index in [1.165, 1.54) is 27.8 Å². The minimum absolute atomic E-state index is 1.27. The van der Waals surface area contributed by atoms with Crippen molar-refractivity contribution in [2.24, 2.45) is 0 Å². The van der Waals surface area contributed by atoms with Gasteiger partial charge in [-0.3, -0.25) is 0 Å². The molecule has 0 radical (unpaired) electrons. The molecule has 0 aliphatic heterocycles. The van der Waals surface area contributed by atoms with Gasteiger partial charge in [-0.05, 0) is 43.0 Å². The van der Waals surface area contributed by atoms with Crippen LogP contribution in [0.5, 0.6) is 0 Å². The molecule has 0 spiro atoms. The molecule has 0 heterocycles. The van der Waals surface area contributed by atoms with Gasteiger partial charge in [0.25, 0.3) is 0 Å². The van der Waals surface area contributed by atoms with Gasteiger partial charge in [-0.1, -0.05) is 72.3 Å². The number of hydrogen-bond donors (Lipinski definition) is 0. The molecule has 0 bridgehead atoms. The Morgan fingerprint density at radius 1 is 0.842 bits per heavy atom. The van der Waals surface area contributed by atoms with Crippen LogP contribution in [0.3, 0.4) is 0 Å². The first-order valence-corrected chi connectivity index (χ1v) is 6.68. The van der Waals surface area contributed by atoms with Gasteiger partial charge in [-0.25, -0.2) is 0 Å². The highest BCUT2D eigenvalue weighted by Gasteiger charge is 1.99. The van der Waals surface area contributed by atoms with Crippen LogP contribution in [0.4, 0.5) is 0 Å². The third kappa shape index (κ3) is 3.45. The van der Waals surface area contributed by atoms with Gasteiger partial charge in [0.05, 0.1) is 0 Å². The van der Waals surface area contributed by atoms with E-state index in [0.717, 1.165) is 0 Å². The van der Waals surface area contributed by atoms with Crippen LogP contribution in [-0.4, -0.2) is 0 Å². The number of hydrogen-bond acceptors (Lipinski definition) is 0. The second kappa shape index (κ2) is 6.19. The standard InChI is InChI=1S/C19H20/c1-4-5-6-16(3)17-11-13-19(14-12-17)18-9-7-15(2)8-10-18/h4-14H,1-3H3. The molecule has 0 heteroatoms. The molecule has 0 N–H and O–H groups in total. The highest BCUT2D eigenvalue weighted by atomic mass is 14.0. The minimum atomic E-state index is 1.27. The van der Waals surface area contributed by atoms with Crippen molar-refractivity contribution in [2.75, 3.05) is 0 Å². The maximum absolute atomic E-state index is 2.19. The first kappa shape index (κ1) is 13.4. The Bertz CT molecular complexity index is 581. The lowest BCUT2D eigenvalue weighted by atomic mass is 10.0. The molecule has 2 rings (SSSR count). The van der Waals surface area contributed by atoms with Gasteiger partial charge in [0.1, 0.15) is 0 Å². The second-order valence-corrected chi connectivity index (χ2v) is 4.82. The van der Waals surface area contributed by atoms with Crippen LogP contribution in [0.25, 0.3) is 16.7 Å². The normalized spacial score (nSPS) is 12.1. The van der Waals surface area contributed by atoms with E-state index in [1.807, 2.05) is 13.0 Å². The summed E-state index contributed by atoms with van der Waals surface area (Å²) in [6.07, 6.45) is 6.26. The molecule has 0 unspecified atom stereocenters. The van der Waals surface area contributed by atoms with Crippen molar-refractivity contribution in [3.63, 3.8) is 0 Å². The Morgan fingerprint density at radius 2 is 1.37 bits per heavy atom. The van der Waals surface area contributed by atoms with Gasteiger partial charge < -0.3 is 0 Å². The monoisotopic (exact) mass is 248 g/mol. The molecular formula is C19H20. The summed E-state index contributed by atoms with van der Waals surface area (Å²) >= 11 is 0. The SMILES string of the molecule is CC=CC=C(C)c1ccc(-c2ccc(C)cc2)cc1. The summed E-state index contributed by atoms with van der Waals surface area (Å²) in [6.45, 7) is 6.29. The average molecular weight is 248 g/mol. The highest BCUT2D eigenvalue weighted by Crippen LogP contribution is 2.22. The van der Waals surface area contributed by atoms with E-state index in [1.54, 1.807) is 0 Å². The van der Waals surface area contributed by atoms with Gasteiger partial charge in [0.2, 0.25) is 0 Å². The molecule has 0 fully saturated rings. The predicted molar refractivity (Wildman–Crippen MR) is 85.1 cm³/mol. The van der Waals surface area contributed by atoms with E-state index in [9.17, 15) is 0 Å². The van der Waals surface area contributed by atoms with Crippen molar-refractivity contribution in [3.8, 4) is 11.1 Å². The van der Waals surface area contributed by atoms with E-state index < -0.39 is 0 Å². The number of aryl methyl sites for hydroxylation is 1. The maximum atomic E-state index is 2.19. The minimum Gasteiger partial charge on any atom is -0.0877 e. The van der Waals surface area contributed by atoms with E-state index in [2.05, 4.69) is 74.5 Å². The molecular weight excluding hydrogens is 228 g/mol. The van der Waals surface area contributed by atoms with Crippen LogP contribution in [0.2, 0.25) is 0 Å². The van der Waals surface area contributed by atoms with E-state index in [-0.39, 0.29) is 0 Å². The number of allylic oxidation sites excluding steroid dienone is 4. The van der Waals surface area contributed by atoms with Crippen molar-refractivity contribution < 1.29 is 0 Å². The third-order valence-electron chi connectivity index (χ3n) is 3.26. The summed E-state index contributed by atoms with van der Waals surface area (Å²) in [4.78, 5) is 0. The molecule has 0 aromatic heterocycles. The molecule has 0 atom stereocenters. The molecule has 2 aromatic rings. The molecule has 0 aliphatic rings. The zero-order valence-corrected chi connectivity index (χ0v) is 11.9. The first-order chi connectivity index (χ1) is 9.20. The molecule has 0 amide bonds. The van der Waals surface area contributed by atoms with Crippen molar-refractivity contribution in [1.29, 1.82) is 0 Å². The fourth-order valence-electron chi connectivity index (χ4n) is 2.01. The van der Waals surface area contributed by atoms with Crippen LogP contribution >= 0.6 is 0 Å². The molecule has 0 saturated carbocycles. The van der Waals surface area contributed by atoms with Crippen LogP contribution in [-0.2, 0) is 0 Å². The topological polar surface area (TPSA) is 0 Å². The zero-order chi connectivity index (χ0) is 13.7. The first-order valence-electron chi connectivity index (χ1n) is 6.68. The quantitative estimate of drug-likeness (QED) is 0.616. The lowest BCUT2D eigenvalue weighted by molar-refractivity contribution is 1.46. The fraction of sp³-hybridized carbons (Fsp3) is 0.158. The van der Waals surface area contributed by atoms with Crippen LogP contribution in [0.15, 0.2) is 66.8 Å². The Morgan fingerprint density at radius 3 is 1.89 bits per heavy atom. The molecule has 96 valence electrons. The molecule has 0 saturated heterocycles. The lowest BCUT2D eigenvalue weighted by Gasteiger charge is -2.05. The van der Waals surface area contributed by atoms with E-state index >= 15 is 0 Å². The fourth-order valence-corrected chi connectivity index (χ4v) is 2.01. The van der Waals surface area contributed by atoms with Gasteiger partial charge in [-0.2, -0.15) is 0 Å². The lowest BCUT2D eigenvalue weighted by Crippen LogP contribution is -1.82. The van der Waals surface area contributed by atoms with Gasteiger partial charge in [0.15, 0.2) is 0 Å². The third-order valence-corrected chi connectivity index (χ3v) is 3.26. The summed E-state index contributed by atoms with van der Waals surface area (Å²) in [5.74, 6) is 0. The zero-order valence-electron chi connectivity index (χ0n) is 11.9. The Kier molecular flexibility index (Phi) is 4.35. The van der Waals surface area contributed by atoms with Gasteiger partial charge in [0, 0.05) is 0 Å². The molecule has 0 nitrogen and oxygen atoms in total. The second-order valence-electron chi connectivity index (χ2n) is 4.82. The smallest absolute Gasteiger partial charge is 0.0184 e. The number of benzene rings is 2. The molecule has 0 aliphatic carbocycles. The summed E-state index contributed by atoms with van der Waals surface area (Å²) in [7, 11) is 0. The average Bonchev–Trinajstić information content (AvgIpc) is 2.46. The maximum Gasteiger partial charge on any atom is -0.0184 e. The van der Waals surface area contributed by atoms with Gasteiger partial charge >= 0.3 is 0 Å². The number of rotatable bonds is 3. The molecule has 2 aromatic carbocycles. The van der Waals surface area contributed by atoms with E-state index in [0.29, 0.717) is 0 Å². The summed E-state index contributed by atoms with van der Waals surface area (Å²) in [5.41, 5.74) is 6.39. The summed E-state index contributed by atoms with van der Waals surface area (Å²) < 4.78 is 0. The van der Waals surface area contributed by atoms with Gasteiger partial charge in [-0.15, -0.1) is 0 Å². The van der Waals surface area contributed by atoms with Crippen LogP contribution in [0, 0.1) is 6.92 Å². The largest absolute Gasteiger partial charge is 0.0877 e. The Labute approximate surface area is 116 Å². The molecule has 19 heavy (non-hydrogen) atoms. The van der Waals surface area contributed by atoms with Crippen molar-refractivity contribution in [2.45, 2.75) is 20.8 Å². The predicted octanol–water partition coefficient (Wildman–Crippen LogP) is 5.64.